The molecule has 0 saturated carbocycles. The third-order valence-electron chi connectivity index (χ3n) is 2.84. The van der Waals surface area contributed by atoms with E-state index < -0.39 is 10.0 Å². The van der Waals surface area contributed by atoms with Crippen molar-refractivity contribution in [1.29, 1.82) is 0 Å². The van der Waals surface area contributed by atoms with E-state index in [0.29, 0.717) is 23.0 Å². The van der Waals surface area contributed by atoms with E-state index in [9.17, 15) is 8.42 Å². The number of thioether (sulfide) groups is 1. The van der Waals surface area contributed by atoms with Gasteiger partial charge in [0.2, 0.25) is 0 Å². The highest BCUT2D eigenvalue weighted by molar-refractivity contribution is 7.99. The molecule has 1 saturated heterocycles. The maximum Gasteiger partial charge on any atom is 0.252 e. The van der Waals surface area contributed by atoms with Crippen molar-refractivity contribution in [2.75, 3.05) is 24.6 Å². The van der Waals surface area contributed by atoms with Crippen LogP contribution in [0, 0.1) is 0 Å². The summed E-state index contributed by atoms with van der Waals surface area (Å²) in [7, 11) is -3.35. The molecule has 1 fully saturated rings. The molecule has 1 aliphatic rings. The molecule has 0 atom stereocenters. The molecule has 0 unspecified atom stereocenters. The fraction of sp³-hybridized carbons (Fsp3) is 0.364. The van der Waals surface area contributed by atoms with E-state index in [-0.39, 0.29) is 0 Å². The van der Waals surface area contributed by atoms with Crippen LogP contribution in [0.1, 0.15) is 0 Å². The van der Waals surface area contributed by atoms with Crippen LogP contribution in [0.2, 0.25) is 0 Å². The van der Waals surface area contributed by atoms with Crippen LogP contribution >= 0.6 is 23.1 Å². The van der Waals surface area contributed by atoms with Gasteiger partial charge < -0.3 is 4.52 Å². The summed E-state index contributed by atoms with van der Waals surface area (Å²) < 4.78 is 31.6. The van der Waals surface area contributed by atoms with Crippen LogP contribution in [-0.4, -0.2) is 42.5 Å². The van der Waals surface area contributed by atoms with E-state index >= 15 is 0 Å². The first-order chi connectivity index (χ1) is 9.18. The lowest BCUT2D eigenvalue weighted by Gasteiger charge is -2.24. The maximum absolute atomic E-state index is 12.5. The smallest absolute Gasteiger partial charge is 0.252 e. The largest absolute Gasteiger partial charge is 0.364 e. The molecule has 0 N–H and O–H groups in total. The number of aromatic nitrogens is 1. The van der Waals surface area contributed by atoms with Gasteiger partial charge in [0.25, 0.3) is 10.0 Å². The maximum atomic E-state index is 12.5. The first-order valence-electron chi connectivity index (χ1n) is 5.76. The van der Waals surface area contributed by atoms with Crippen molar-refractivity contribution in [2.45, 2.75) is 4.21 Å². The first-order valence-corrected chi connectivity index (χ1v) is 9.17. The molecular formula is C11H12N2O3S3. The van der Waals surface area contributed by atoms with Gasteiger partial charge in [-0.05, 0) is 12.1 Å². The van der Waals surface area contributed by atoms with Gasteiger partial charge in [0.15, 0.2) is 0 Å². The average Bonchev–Trinajstić information content (AvgIpc) is 3.10. The molecule has 0 radical (unpaired) electrons. The van der Waals surface area contributed by atoms with Crippen molar-refractivity contribution >= 4 is 33.1 Å². The van der Waals surface area contributed by atoms with E-state index in [1.165, 1.54) is 17.6 Å². The number of sulfonamides is 1. The molecule has 19 heavy (non-hydrogen) atoms. The van der Waals surface area contributed by atoms with Gasteiger partial charge in [-0.1, -0.05) is 5.16 Å². The quantitative estimate of drug-likeness (QED) is 0.868. The van der Waals surface area contributed by atoms with Gasteiger partial charge in [-0.15, -0.1) is 11.3 Å². The zero-order valence-corrected chi connectivity index (χ0v) is 12.4. The van der Waals surface area contributed by atoms with Gasteiger partial charge in [-0.2, -0.15) is 16.1 Å². The van der Waals surface area contributed by atoms with E-state index in [1.54, 1.807) is 34.3 Å². The summed E-state index contributed by atoms with van der Waals surface area (Å²) >= 11 is 3.02. The SMILES string of the molecule is O=S(=O)(c1ccc(-c2ccon2)s1)N1CCSCC1. The molecule has 1 aliphatic heterocycles. The van der Waals surface area contributed by atoms with Crippen LogP contribution < -0.4 is 0 Å². The van der Waals surface area contributed by atoms with Crippen molar-refractivity contribution in [3.05, 3.63) is 24.5 Å². The third-order valence-corrected chi connectivity index (χ3v) is 7.25. The third kappa shape index (κ3) is 2.58. The summed E-state index contributed by atoms with van der Waals surface area (Å²) in [6, 6.07) is 5.14. The van der Waals surface area contributed by atoms with Gasteiger partial charge in [0.05, 0.1) is 4.88 Å². The predicted octanol–water partition coefficient (Wildman–Crippen LogP) is 2.14. The molecule has 102 valence electrons. The number of hydrogen-bond donors (Lipinski definition) is 0. The molecule has 0 bridgehead atoms. The summed E-state index contributed by atoms with van der Waals surface area (Å²) in [6.07, 6.45) is 1.48. The Balaban J connectivity index is 1.89. The van der Waals surface area contributed by atoms with E-state index in [2.05, 4.69) is 5.16 Å². The Bertz CT molecular complexity index is 643. The Labute approximate surface area is 119 Å². The van der Waals surface area contributed by atoms with E-state index in [1.807, 2.05) is 0 Å². The highest BCUT2D eigenvalue weighted by Gasteiger charge is 2.27. The Kier molecular flexibility index (Phi) is 3.66. The normalized spacial score (nSPS) is 17.7. The second-order valence-electron chi connectivity index (χ2n) is 4.02. The summed E-state index contributed by atoms with van der Waals surface area (Å²) in [5.74, 6) is 1.72. The average molecular weight is 316 g/mol. The van der Waals surface area contributed by atoms with Crippen LogP contribution in [0.3, 0.4) is 0 Å². The zero-order chi connectivity index (χ0) is 13.3. The minimum absolute atomic E-state index is 0.373. The number of thiophene rings is 1. The Morgan fingerprint density at radius 2 is 2.00 bits per heavy atom. The molecule has 0 aliphatic carbocycles. The van der Waals surface area contributed by atoms with Crippen molar-refractivity contribution < 1.29 is 12.9 Å². The van der Waals surface area contributed by atoms with Gasteiger partial charge in [-0.3, -0.25) is 0 Å². The van der Waals surface area contributed by atoms with Crippen molar-refractivity contribution in [3.8, 4) is 10.6 Å². The fourth-order valence-corrected chi connectivity index (χ4v) is 5.85. The Morgan fingerprint density at radius 1 is 1.21 bits per heavy atom. The van der Waals surface area contributed by atoms with Gasteiger partial charge in [0, 0.05) is 30.7 Å². The number of rotatable bonds is 3. The highest BCUT2D eigenvalue weighted by atomic mass is 32.2. The Morgan fingerprint density at radius 3 is 2.68 bits per heavy atom. The van der Waals surface area contributed by atoms with Crippen LogP contribution in [0.4, 0.5) is 0 Å². The van der Waals surface area contributed by atoms with Gasteiger partial charge in [-0.25, -0.2) is 8.42 Å². The summed E-state index contributed by atoms with van der Waals surface area (Å²) in [5.41, 5.74) is 0.667. The lowest BCUT2D eigenvalue weighted by Crippen LogP contribution is -2.37. The summed E-state index contributed by atoms with van der Waals surface area (Å²) in [4.78, 5) is 0.804. The Hall–Kier alpha value is -0.830. The predicted molar refractivity (Wildman–Crippen MR) is 75.9 cm³/mol. The topological polar surface area (TPSA) is 63.4 Å². The van der Waals surface area contributed by atoms with Crippen LogP contribution in [0.15, 0.2) is 33.2 Å². The number of nitrogens with zero attached hydrogens (tertiary/aromatic N) is 2. The van der Waals surface area contributed by atoms with Crippen molar-refractivity contribution in [3.63, 3.8) is 0 Å². The van der Waals surface area contributed by atoms with Crippen LogP contribution in [0.5, 0.6) is 0 Å². The molecule has 0 aromatic carbocycles. The molecular weight excluding hydrogens is 304 g/mol. The van der Waals surface area contributed by atoms with Crippen LogP contribution in [0.25, 0.3) is 10.6 Å². The molecule has 2 aromatic heterocycles. The minimum atomic E-state index is -3.35. The van der Waals surface area contributed by atoms with Crippen LogP contribution in [-0.2, 0) is 10.0 Å². The highest BCUT2D eigenvalue weighted by Crippen LogP contribution is 2.32. The molecule has 3 rings (SSSR count). The minimum Gasteiger partial charge on any atom is -0.364 e. The zero-order valence-electron chi connectivity index (χ0n) is 9.98. The van der Waals surface area contributed by atoms with Gasteiger partial charge >= 0.3 is 0 Å². The lowest BCUT2D eigenvalue weighted by molar-refractivity contribution is 0.422. The molecule has 2 aromatic rings. The molecule has 0 spiro atoms. The van der Waals surface area contributed by atoms with Gasteiger partial charge in [0.1, 0.15) is 16.2 Å². The van der Waals surface area contributed by atoms with E-state index in [4.69, 9.17) is 4.52 Å². The monoisotopic (exact) mass is 316 g/mol. The molecule has 8 heteroatoms. The summed E-state index contributed by atoms with van der Waals surface area (Å²) in [5, 5.41) is 3.82. The molecule has 5 nitrogen and oxygen atoms in total. The van der Waals surface area contributed by atoms with Crippen molar-refractivity contribution in [1.82, 2.24) is 9.46 Å². The second kappa shape index (κ2) is 5.28. The first kappa shape index (κ1) is 13.2. The lowest BCUT2D eigenvalue weighted by atomic mass is 10.3. The molecule has 3 heterocycles. The summed E-state index contributed by atoms with van der Waals surface area (Å²) in [6.45, 7) is 1.17. The number of hydrogen-bond acceptors (Lipinski definition) is 6. The molecule has 0 amide bonds. The van der Waals surface area contributed by atoms with E-state index in [0.717, 1.165) is 16.4 Å². The van der Waals surface area contributed by atoms with Crippen molar-refractivity contribution in [2.24, 2.45) is 0 Å². The second-order valence-corrected chi connectivity index (χ2v) is 8.49. The fourth-order valence-electron chi connectivity index (χ4n) is 1.85. The standard InChI is InChI=1S/C11H12N2O3S3/c14-19(15,13-4-7-17-8-5-13)11-2-1-10(18-11)9-3-6-16-12-9/h1-3,6H,4-5,7-8H2.